The number of carbonyl (C=O) groups excluding carboxylic acids is 2. The van der Waals surface area contributed by atoms with E-state index in [0.717, 1.165) is 22.9 Å². The summed E-state index contributed by atoms with van der Waals surface area (Å²) in [6.45, 7) is 5.54. The molecule has 0 saturated carbocycles. The van der Waals surface area contributed by atoms with Gasteiger partial charge in [0.05, 0.1) is 11.3 Å². The first-order valence-electron chi connectivity index (χ1n) is 6.62. The fourth-order valence-corrected chi connectivity index (χ4v) is 3.44. The van der Waals surface area contributed by atoms with Gasteiger partial charge in [-0.3, -0.25) is 9.59 Å². The molecule has 2 rings (SSSR count). The van der Waals surface area contributed by atoms with Crippen molar-refractivity contribution in [3.05, 3.63) is 28.8 Å². The zero-order chi connectivity index (χ0) is 15.7. The smallest absolute Gasteiger partial charge is 0.337 e. The van der Waals surface area contributed by atoms with E-state index < -0.39 is 5.97 Å². The highest BCUT2D eigenvalue weighted by atomic mass is 32.2. The van der Waals surface area contributed by atoms with Gasteiger partial charge in [-0.15, -0.1) is 0 Å². The van der Waals surface area contributed by atoms with Crippen LogP contribution in [0.3, 0.4) is 0 Å². The molecule has 1 heterocycles. The summed E-state index contributed by atoms with van der Waals surface area (Å²) in [7, 11) is 0. The first-order chi connectivity index (χ1) is 9.81. The van der Waals surface area contributed by atoms with Crippen LogP contribution in [0, 0.1) is 13.8 Å². The molecular formula is C15H17NO4S. The molecule has 0 radical (unpaired) electrons. The van der Waals surface area contributed by atoms with Crippen LogP contribution in [-0.4, -0.2) is 33.9 Å². The van der Waals surface area contributed by atoms with Crippen LogP contribution >= 0.6 is 11.8 Å². The molecule has 21 heavy (non-hydrogen) atoms. The number of nitrogens with zero attached hydrogens (tertiary/aromatic N) is 1. The molecule has 0 aromatic heterocycles. The number of thioether (sulfide) groups is 1. The van der Waals surface area contributed by atoms with Crippen molar-refractivity contribution in [2.24, 2.45) is 0 Å². The summed E-state index contributed by atoms with van der Waals surface area (Å²) in [6.07, 6.45) is 0.261. The normalized spacial score (nSPS) is 18.1. The molecule has 1 atom stereocenters. The zero-order valence-electron chi connectivity index (χ0n) is 12.2. The molecular weight excluding hydrogens is 290 g/mol. The van der Waals surface area contributed by atoms with Crippen LogP contribution in [0.2, 0.25) is 0 Å². The summed E-state index contributed by atoms with van der Waals surface area (Å²) < 4.78 is 0. The van der Waals surface area contributed by atoms with E-state index in [-0.39, 0.29) is 28.3 Å². The average Bonchev–Trinajstić information content (AvgIpc) is 2.71. The molecule has 0 spiro atoms. The van der Waals surface area contributed by atoms with Crippen molar-refractivity contribution in [3.8, 4) is 0 Å². The molecule has 6 heteroatoms. The summed E-state index contributed by atoms with van der Waals surface area (Å²) in [5.74, 6) is -1.19. The maximum absolute atomic E-state index is 12.2. The van der Waals surface area contributed by atoms with Gasteiger partial charge >= 0.3 is 5.97 Å². The maximum Gasteiger partial charge on any atom is 0.337 e. The Labute approximate surface area is 127 Å². The number of carboxylic acids is 1. The van der Waals surface area contributed by atoms with Crippen molar-refractivity contribution in [1.29, 1.82) is 0 Å². The zero-order valence-corrected chi connectivity index (χ0v) is 13.0. The Balaban J connectivity index is 2.42. The van der Waals surface area contributed by atoms with Crippen LogP contribution < -0.4 is 4.90 Å². The van der Waals surface area contributed by atoms with Crippen LogP contribution in [0.15, 0.2) is 12.1 Å². The molecule has 0 bridgehead atoms. The summed E-state index contributed by atoms with van der Waals surface area (Å²) >= 11 is 1.14. The Morgan fingerprint density at radius 3 is 2.57 bits per heavy atom. The minimum atomic E-state index is -1.05. The first kappa shape index (κ1) is 15.6. The molecule has 1 aromatic rings. The summed E-state index contributed by atoms with van der Waals surface area (Å²) in [6, 6.07) is 3.27. The van der Waals surface area contributed by atoms with Gasteiger partial charge in [-0.1, -0.05) is 17.8 Å². The fraction of sp³-hybridized carbons (Fsp3) is 0.400. The molecule has 1 N–H and O–H groups in total. The quantitative estimate of drug-likeness (QED) is 0.928. The highest BCUT2D eigenvalue weighted by molar-refractivity contribution is 8.14. The molecule has 1 unspecified atom stereocenters. The van der Waals surface area contributed by atoms with Crippen molar-refractivity contribution < 1.29 is 19.5 Å². The second kappa shape index (κ2) is 5.89. The maximum atomic E-state index is 12.2. The van der Waals surface area contributed by atoms with E-state index in [1.54, 1.807) is 6.07 Å². The monoisotopic (exact) mass is 307 g/mol. The molecule has 1 aromatic carbocycles. The standard InChI is InChI=1S/C15H17NO4S/c1-8-4-5-12(15(19)20)14(9(8)2)16-7-11(6-13(16)18)21-10(3)17/h4-5,11H,6-7H2,1-3H3,(H,19,20). The second-order valence-electron chi connectivity index (χ2n) is 5.15. The predicted octanol–water partition coefficient (Wildman–Crippen LogP) is 2.39. The van der Waals surface area contributed by atoms with E-state index >= 15 is 0 Å². The topological polar surface area (TPSA) is 74.7 Å². The van der Waals surface area contributed by atoms with Gasteiger partial charge in [0.15, 0.2) is 5.12 Å². The van der Waals surface area contributed by atoms with E-state index in [1.165, 1.54) is 17.9 Å². The van der Waals surface area contributed by atoms with Crippen molar-refractivity contribution in [2.75, 3.05) is 11.4 Å². The molecule has 1 fully saturated rings. The van der Waals surface area contributed by atoms with E-state index in [2.05, 4.69) is 0 Å². The third-order valence-electron chi connectivity index (χ3n) is 3.62. The van der Waals surface area contributed by atoms with Gasteiger partial charge in [-0.2, -0.15) is 0 Å². The molecule has 1 aliphatic heterocycles. The predicted molar refractivity (Wildman–Crippen MR) is 81.9 cm³/mol. The number of rotatable bonds is 3. The van der Waals surface area contributed by atoms with Crippen molar-refractivity contribution in [3.63, 3.8) is 0 Å². The van der Waals surface area contributed by atoms with Gasteiger partial charge in [-0.25, -0.2) is 4.79 Å². The lowest BCUT2D eigenvalue weighted by Crippen LogP contribution is -2.28. The largest absolute Gasteiger partial charge is 0.478 e. The summed E-state index contributed by atoms with van der Waals surface area (Å²) in [5, 5.41) is 9.19. The van der Waals surface area contributed by atoms with Crippen molar-refractivity contribution >= 4 is 34.4 Å². The Morgan fingerprint density at radius 2 is 2.00 bits per heavy atom. The van der Waals surface area contributed by atoms with Gasteiger partial charge in [0.1, 0.15) is 0 Å². The molecule has 1 amide bonds. The van der Waals surface area contributed by atoms with Crippen LogP contribution in [0.25, 0.3) is 0 Å². The fourth-order valence-electron chi connectivity index (χ4n) is 2.53. The van der Waals surface area contributed by atoms with Crippen LogP contribution in [0.1, 0.15) is 34.8 Å². The summed E-state index contributed by atoms with van der Waals surface area (Å²) in [5.41, 5.74) is 2.31. The Hall–Kier alpha value is -1.82. The molecule has 0 aliphatic carbocycles. The minimum Gasteiger partial charge on any atom is -0.478 e. The number of benzene rings is 1. The van der Waals surface area contributed by atoms with Crippen molar-refractivity contribution in [2.45, 2.75) is 32.4 Å². The highest BCUT2D eigenvalue weighted by Crippen LogP contribution is 2.34. The Morgan fingerprint density at radius 1 is 1.33 bits per heavy atom. The van der Waals surface area contributed by atoms with E-state index in [4.69, 9.17) is 0 Å². The highest BCUT2D eigenvalue weighted by Gasteiger charge is 2.34. The second-order valence-corrected chi connectivity index (χ2v) is 6.63. The number of carbonyl (C=O) groups is 3. The van der Waals surface area contributed by atoms with Gasteiger partial charge in [0.2, 0.25) is 5.91 Å². The van der Waals surface area contributed by atoms with E-state index in [9.17, 15) is 19.5 Å². The number of carboxylic acid groups (broad SMARTS) is 1. The third kappa shape index (κ3) is 3.10. The lowest BCUT2D eigenvalue weighted by Gasteiger charge is -2.22. The molecule has 1 saturated heterocycles. The lowest BCUT2D eigenvalue weighted by atomic mass is 10.0. The number of amides is 1. The summed E-state index contributed by atoms with van der Waals surface area (Å²) in [4.78, 5) is 36.3. The SMILES string of the molecule is CC(=O)SC1CC(=O)N(c2c(C(=O)O)ccc(C)c2C)C1. The molecule has 112 valence electrons. The minimum absolute atomic E-state index is 0.0333. The van der Waals surface area contributed by atoms with Gasteiger partial charge < -0.3 is 10.0 Å². The van der Waals surface area contributed by atoms with Crippen molar-refractivity contribution in [1.82, 2.24) is 0 Å². The molecule has 1 aliphatic rings. The van der Waals surface area contributed by atoms with Gasteiger partial charge in [0.25, 0.3) is 0 Å². The van der Waals surface area contributed by atoms with Gasteiger partial charge in [-0.05, 0) is 31.0 Å². The Kier molecular flexibility index (Phi) is 4.37. The number of aryl methyl sites for hydroxylation is 1. The number of aromatic carboxylic acids is 1. The third-order valence-corrected chi connectivity index (χ3v) is 4.61. The van der Waals surface area contributed by atoms with Gasteiger partial charge in [0, 0.05) is 25.1 Å². The number of anilines is 1. The molecule has 5 nitrogen and oxygen atoms in total. The van der Waals surface area contributed by atoms with Crippen LogP contribution in [-0.2, 0) is 9.59 Å². The lowest BCUT2D eigenvalue weighted by molar-refractivity contribution is -0.117. The van der Waals surface area contributed by atoms with E-state index in [0.29, 0.717) is 12.2 Å². The first-order valence-corrected chi connectivity index (χ1v) is 7.50. The average molecular weight is 307 g/mol. The van der Waals surface area contributed by atoms with E-state index in [1.807, 2.05) is 13.8 Å². The van der Waals surface area contributed by atoms with Crippen LogP contribution in [0.4, 0.5) is 5.69 Å². The number of hydrogen-bond acceptors (Lipinski definition) is 4. The number of hydrogen-bond donors (Lipinski definition) is 1. The Bertz CT molecular complexity index is 626. The van der Waals surface area contributed by atoms with Crippen LogP contribution in [0.5, 0.6) is 0 Å².